The van der Waals surface area contributed by atoms with Crippen molar-refractivity contribution in [3.8, 4) is 6.07 Å². The predicted molar refractivity (Wildman–Crippen MR) is 64.1 cm³/mol. The van der Waals surface area contributed by atoms with E-state index in [2.05, 4.69) is 28.6 Å². The minimum atomic E-state index is -3.94. The monoisotopic (exact) mass is 325 g/mol. The summed E-state index contributed by atoms with van der Waals surface area (Å²) < 4.78 is 22.6. The van der Waals surface area contributed by atoms with Crippen LogP contribution in [0, 0.1) is 11.3 Å². The van der Waals surface area contributed by atoms with Crippen molar-refractivity contribution in [1.29, 1.82) is 5.26 Å². The number of hydrogen-bond acceptors (Lipinski definition) is 4. The highest BCUT2D eigenvalue weighted by atomic mass is 79.9. The summed E-state index contributed by atoms with van der Waals surface area (Å²) in [6.07, 6.45) is 0. The number of alkyl halides is 1. The lowest BCUT2D eigenvalue weighted by molar-refractivity contribution is 0.608. The number of thiol groups is 1. The summed E-state index contributed by atoms with van der Waals surface area (Å²) >= 11 is 7.24. The highest BCUT2D eigenvalue weighted by molar-refractivity contribution is 9.08. The van der Waals surface area contributed by atoms with E-state index < -0.39 is 9.05 Å². The van der Waals surface area contributed by atoms with Gasteiger partial charge in [-0.1, -0.05) is 15.9 Å². The van der Waals surface area contributed by atoms with Crippen LogP contribution in [0.4, 0.5) is 0 Å². The fourth-order valence-electron chi connectivity index (χ4n) is 1.11. The van der Waals surface area contributed by atoms with Crippen LogP contribution in [0.3, 0.4) is 0 Å². The molecule has 1 rings (SSSR count). The minimum absolute atomic E-state index is 0.0252. The standard InChI is InChI=1S/C8H5BrClNO2S2/c9-3-6-7(14)2-1-5(4-11)8(6)15(10,12)13/h1-2,14H,3H2. The normalized spacial score (nSPS) is 11.1. The van der Waals surface area contributed by atoms with Gasteiger partial charge in [0.2, 0.25) is 0 Å². The molecule has 0 bridgehead atoms. The van der Waals surface area contributed by atoms with Gasteiger partial charge in [-0.15, -0.1) is 12.6 Å². The first kappa shape index (κ1) is 12.8. The summed E-state index contributed by atoms with van der Waals surface area (Å²) in [5.41, 5.74) is 0.421. The Bertz CT molecular complexity index is 536. The maximum Gasteiger partial charge on any atom is 0.262 e. The lowest BCUT2D eigenvalue weighted by Crippen LogP contribution is -2.01. The second-order valence-corrected chi connectivity index (χ2v) is 6.17. The summed E-state index contributed by atoms with van der Waals surface area (Å²) in [7, 11) is 1.32. The average Bonchev–Trinajstić information content (AvgIpc) is 2.15. The second kappa shape index (κ2) is 4.74. The molecule has 0 aromatic heterocycles. The van der Waals surface area contributed by atoms with Gasteiger partial charge in [0.25, 0.3) is 9.05 Å². The molecule has 0 heterocycles. The molecule has 0 N–H and O–H groups in total. The number of halogens is 2. The van der Waals surface area contributed by atoms with Gasteiger partial charge in [0, 0.05) is 20.9 Å². The molecule has 0 unspecified atom stereocenters. The molecular formula is C8H5BrClNO2S2. The van der Waals surface area contributed by atoms with Crippen LogP contribution in [0.5, 0.6) is 0 Å². The van der Waals surface area contributed by atoms with Crippen LogP contribution in [-0.4, -0.2) is 8.42 Å². The maximum atomic E-state index is 11.3. The summed E-state index contributed by atoms with van der Waals surface area (Å²) in [4.78, 5) is 0.307. The molecule has 0 atom stereocenters. The van der Waals surface area contributed by atoms with Crippen LogP contribution >= 0.6 is 39.2 Å². The molecule has 0 aliphatic carbocycles. The van der Waals surface area contributed by atoms with Crippen molar-refractivity contribution >= 4 is 48.3 Å². The van der Waals surface area contributed by atoms with E-state index in [-0.39, 0.29) is 15.8 Å². The van der Waals surface area contributed by atoms with Gasteiger partial charge in [-0.05, 0) is 17.7 Å². The largest absolute Gasteiger partial charge is 0.262 e. The molecule has 0 radical (unpaired) electrons. The average molecular weight is 327 g/mol. The van der Waals surface area contributed by atoms with Crippen molar-refractivity contribution in [2.75, 3.05) is 0 Å². The number of nitrogens with zero attached hydrogens (tertiary/aromatic N) is 1. The van der Waals surface area contributed by atoms with Crippen molar-refractivity contribution in [3.63, 3.8) is 0 Å². The van der Waals surface area contributed by atoms with E-state index in [9.17, 15) is 8.42 Å². The van der Waals surface area contributed by atoms with Crippen LogP contribution < -0.4 is 0 Å². The fourth-order valence-corrected chi connectivity index (χ4v) is 3.82. The maximum absolute atomic E-state index is 11.3. The van der Waals surface area contributed by atoms with Gasteiger partial charge in [-0.3, -0.25) is 0 Å². The first-order valence-corrected chi connectivity index (χ1v) is 7.55. The van der Waals surface area contributed by atoms with E-state index in [1.165, 1.54) is 6.07 Å². The SMILES string of the molecule is N#Cc1ccc(S)c(CBr)c1S(=O)(=O)Cl. The zero-order chi connectivity index (χ0) is 11.6. The van der Waals surface area contributed by atoms with Crippen molar-refractivity contribution in [1.82, 2.24) is 0 Å². The quantitative estimate of drug-likeness (QED) is 0.516. The molecule has 0 spiro atoms. The third-order valence-electron chi connectivity index (χ3n) is 1.73. The number of benzene rings is 1. The number of rotatable bonds is 2. The molecule has 15 heavy (non-hydrogen) atoms. The first-order valence-electron chi connectivity index (χ1n) is 3.67. The summed E-state index contributed by atoms with van der Waals surface area (Å²) in [6.45, 7) is 0. The zero-order valence-electron chi connectivity index (χ0n) is 7.24. The minimum Gasteiger partial charge on any atom is -0.207 e. The van der Waals surface area contributed by atoms with E-state index in [4.69, 9.17) is 15.9 Å². The van der Waals surface area contributed by atoms with Crippen LogP contribution in [-0.2, 0) is 14.4 Å². The molecule has 0 saturated heterocycles. The van der Waals surface area contributed by atoms with E-state index in [1.54, 1.807) is 12.1 Å². The molecule has 0 amide bonds. The molecule has 0 aliphatic rings. The topological polar surface area (TPSA) is 57.9 Å². The molecule has 1 aromatic carbocycles. The van der Waals surface area contributed by atoms with E-state index in [0.29, 0.717) is 10.5 Å². The van der Waals surface area contributed by atoms with Gasteiger partial charge in [-0.25, -0.2) is 8.42 Å². The van der Waals surface area contributed by atoms with Crippen molar-refractivity contribution in [2.24, 2.45) is 0 Å². The molecule has 0 saturated carbocycles. The van der Waals surface area contributed by atoms with Gasteiger partial charge in [0.05, 0.1) is 5.56 Å². The Kier molecular flexibility index (Phi) is 4.06. The van der Waals surface area contributed by atoms with Gasteiger partial charge < -0.3 is 0 Å². The lowest BCUT2D eigenvalue weighted by Gasteiger charge is -2.08. The molecule has 0 fully saturated rings. The molecule has 7 heteroatoms. The number of hydrogen-bond donors (Lipinski definition) is 1. The Morgan fingerprint density at radius 3 is 2.53 bits per heavy atom. The summed E-state index contributed by atoms with van der Waals surface area (Å²) in [5, 5.41) is 9.05. The predicted octanol–water partition coefficient (Wildman–Crippen LogP) is 2.67. The third kappa shape index (κ3) is 2.67. The van der Waals surface area contributed by atoms with E-state index in [1.807, 2.05) is 0 Å². The lowest BCUT2D eigenvalue weighted by atomic mass is 10.1. The van der Waals surface area contributed by atoms with Crippen LogP contribution in [0.25, 0.3) is 0 Å². The fraction of sp³-hybridized carbons (Fsp3) is 0.125. The van der Waals surface area contributed by atoms with Crippen LogP contribution in [0.2, 0.25) is 0 Å². The highest BCUT2D eigenvalue weighted by Gasteiger charge is 2.21. The third-order valence-corrected chi connectivity index (χ3v) is 4.13. The number of nitriles is 1. The van der Waals surface area contributed by atoms with E-state index >= 15 is 0 Å². The van der Waals surface area contributed by atoms with Crippen molar-refractivity contribution in [2.45, 2.75) is 15.1 Å². The summed E-state index contributed by atoms with van der Waals surface area (Å²) in [6, 6.07) is 4.72. The Labute approximate surface area is 106 Å². The molecule has 1 aromatic rings. The van der Waals surface area contributed by atoms with Crippen molar-refractivity contribution < 1.29 is 8.42 Å². The first-order chi connectivity index (χ1) is 6.91. The van der Waals surface area contributed by atoms with Crippen LogP contribution in [0.1, 0.15) is 11.1 Å². The Balaban J connectivity index is 3.73. The zero-order valence-corrected chi connectivity index (χ0v) is 11.3. The second-order valence-electron chi connectivity index (χ2n) is 2.62. The van der Waals surface area contributed by atoms with E-state index in [0.717, 1.165) is 0 Å². The van der Waals surface area contributed by atoms with Gasteiger partial charge >= 0.3 is 0 Å². The molecule has 3 nitrogen and oxygen atoms in total. The Hall–Kier alpha value is -0.220. The smallest absolute Gasteiger partial charge is 0.207 e. The summed E-state index contributed by atoms with van der Waals surface area (Å²) in [5.74, 6) is 0. The van der Waals surface area contributed by atoms with Crippen LogP contribution in [0.15, 0.2) is 21.9 Å². The highest BCUT2D eigenvalue weighted by Crippen LogP contribution is 2.30. The Morgan fingerprint density at radius 2 is 2.13 bits per heavy atom. The molecular weight excluding hydrogens is 322 g/mol. The van der Waals surface area contributed by atoms with Gasteiger partial charge in [0.1, 0.15) is 11.0 Å². The molecule has 80 valence electrons. The van der Waals surface area contributed by atoms with Gasteiger partial charge in [0.15, 0.2) is 0 Å². The van der Waals surface area contributed by atoms with Crippen molar-refractivity contribution in [3.05, 3.63) is 23.3 Å². The molecule has 0 aliphatic heterocycles. The van der Waals surface area contributed by atoms with Gasteiger partial charge in [-0.2, -0.15) is 5.26 Å². The Morgan fingerprint density at radius 1 is 1.53 bits per heavy atom.